The zero-order valence-corrected chi connectivity index (χ0v) is 11.7. The van der Waals surface area contributed by atoms with Gasteiger partial charge in [-0.3, -0.25) is 4.90 Å². The van der Waals surface area contributed by atoms with Crippen molar-refractivity contribution >= 4 is 5.97 Å². The van der Waals surface area contributed by atoms with Gasteiger partial charge in [0.1, 0.15) is 11.6 Å². The molecule has 0 saturated carbocycles. The number of esters is 1. The summed E-state index contributed by atoms with van der Waals surface area (Å²) >= 11 is 0. The van der Waals surface area contributed by atoms with Gasteiger partial charge in [-0.25, -0.2) is 13.6 Å². The van der Waals surface area contributed by atoms with Crippen molar-refractivity contribution < 1.29 is 22.7 Å². The molecule has 1 heterocycles. The van der Waals surface area contributed by atoms with E-state index in [2.05, 4.69) is 4.74 Å². The van der Waals surface area contributed by atoms with Gasteiger partial charge < -0.3 is 9.15 Å². The van der Waals surface area contributed by atoms with E-state index in [0.29, 0.717) is 17.7 Å². The molecule has 6 heteroatoms. The molecule has 0 radical (unpaired) electrons. The summed E-state index contributed by atoms with van der Waals surface area (Å²) in [5.41, 5.74) is 1.02. The van der Waals surface area contributed by atoms with E-state index in [0.717, 1.165) is 6.07 Å². The summed E-state index contributed by atoms with van der Waals surface area (Å²) in [6.45, 7) is 0.648. The van der Waals surface area contributed by atoms with Gasteiger partial charge >= 0.3 is 5.97 Å². The van der Waals surface area contributed by atoms with Gasteiger partial charge in [-0.15, -0.1) is 0 Å². The minimum Gasteiger partial charge on any atom is -0.463 e. The van der Waals surface area contributed by atoms with Crippen LogP contribution in [0, 0.1) is 11.6 Å². The number of carbonyl (C=O) groups excluding carboxylic acids is 1. The van der Waals surface area contributed by atoms with Gasteiger partial charge in [0.25, 0.3) is 0 Å². The van der Waals surface area contributed by atoms with Crippen molar-refractivity contribution in [1.29, 1.82) is 0 Å². The lowest BCUT2D eigenvalue weighted by Gasteiger charge is -2.16. The van der Waals surface area contributed by atoms with Crippen molar-refractivity contribution in [2.45, 2.75) is 13.1 Å². The maximum atomic E-state index is 13.6. The molecule has 0 bridgehead atoms. The van der Waals surface area contributed by atoms with E-state index >= 15 is 0 Å². The molecule has 0 spiro atoms. The summed E-state index contributed by atoms with van der Waals surface area (Å²) in [5, 5.41) is 0. The van der Waals surface area contributed by atoms with E-state index in [-0.39, 0.29) is 12.3 Å². The van der Waals surface area contributed by atoms with Crippen molar-refractivity contribution in [2.24, 2.45) is 0 Å². The van der Waals surface area contributed by atoms with Gasteiger partial charge in [0.2, 0.25) is 5.76 Å². The highest BCUT2D eigenvalue weighted by atomic mass is 19.1. The quantitative estimate of drug-likeness (QED) is 0.795. The Morgan fingerprint density at radius 1 is 1.24 bits per heavy atom. The van der Waals surface area contributed by atoms with Crippen LogP contribution in [0.5, 0.6) is 0 Å². The zero-order chi connectivity index (χ0) is 15.4. The predicted molar refractivity (Wildman–Crippen MR) is 71.6 cm³/mol. The third-order valence-corrected chi connectivity index (χ3v) is 3.01. The lowest BCUT2D eigenvalue weighted by atomic mass is 10.1. The number of ether oxygens (including phenoxy) is 1. The maximum absolute atomic E-state index is 13.6. The molecule has 0 amide bonds. The number of benzene rings is 1. The number of hydrogen-bond donors (Lipinski definition) is 0. The van der Waals surface area contributed by atoms with Crippen LogP contribution in [0.3, 0.4) is 0 Å². The Morgan fingerprint density at radius 3 is 2.62 bits per heavy atom. The second-order valence-electron chi connectivity index (χ2n) is 4.67. The fourth-order valence-electron chi connectivity index (χ4n) is 2.02. The predicted octanol–water partition coefficient (Wildman–Crippen LogP) is 2.98. The van der Waals surface area contributed by atoms with Crippen molar-refractivity contribution in [3.05, 3.63) is 59.1 Å². The molecule has 0 fully saturated rings. The fraction of sp³-hybridized carbons (Fsp3) is 0.267. The standard InChI is InChI=1S/C15H15F2NO3/c1-18(8-10-3-4-12(16)7-13(10)17)9-11-5-6-21-14(11)15(19)20-2/h3-7H,8-9H2,1-2H3. The smallest absolute Gasteiger partial charge is 0.374 e. The van der Waals surface area contributed by atoms with E-state index in [1.807, 2.05) is 0 Å². The molecule has 112 valence electrons. The number of furan rings is 1. The molecule has 0 unspecified atom stereocenters. The highest BCUT2D eigenvalue weighted by Crippen LogP contribution is 2.17. The molecular formula is C15H15F2NO3. The summed E-state index contributed by atoms with van der Waals surface area (Å²) in [7, 11) is 3.03. The minimum absolute atomic E-state index is 0.129. The first-order valence-electron chi connectivity index (χ1n) is 6.28. The van der Waals surface area contributed by atoms with E-state index in [9.17, 15) is 13.6 Å². The Balaban J connectivity index is 2.07. The molecule has 21 heavy (non-hydrogen) atoms. The SMILES string of the molecule is COC(=O)c1occc1CN(C)Cc1ccc(F)cc1F. The Kier molecular flexibility index (Phi) is 4.70. The van der Waals surface area contributed by atoms with Crippen LogP contribution in [0.25, 0.3) is 0 Å². The van der Waals surface area contributed by atoms with Gasteiger partial charge in [0.15, 0.2) is 0 Å². The monoisotopic (exact) mass is 295 g/mol. The van der Waals surface area contributed by atoms with Gasteiger partial charge in [-0.05, 0) is 19.2 Å². The first kappa shape index (κ1) is 15.2. The van der Waals surface area contributed by atoms with E-state index < -0.39 is 17.6 Å². The molecule has 0 atom stereocenters. The average Bonchev–Trinajstić information content (AvgIpc) is 2.89. The van der Waals surface area contributed by atoms with Gasteiger partial charge in [0.05, 0.1) is 13.4 Å². The number of halogens is 2. The number of rotatable bonds is 5. The third kappa shape index (κ3) is 3.66. The lowest BCUT2D eigenvalue weighted by molar-refractivity contribution is 0.0562. The number of hydrogen-bond acceptors (Lipinski definition) is 4. The highest BCUT2D eigenvalue weighted by molar-refractivity contribution is 5.87. The molecule has 4 nitrogen and oxygen atoms in total. The summed E-state index contributed by atoms with van der Waals surface area (Å²) in [6.07, 6.45) is 1.40. The van der Waals surface area contributed by atoms with Gasteiger partial charge in [-0.1, -0.05) is 6.07 Å². The van der Waals surface area contributed by atoms with Gasteiger partial charge in [-0.2, -0.15) is 0 Å². The molecule has 0 aliphatic heterocycles. The van der Waals surface area contributed by atoms with Crippen molar-refractivity contribution in [3.63, 3.8) is 0 Å². The largest absolute Gasteiger partial charge is 0.463 e. The second-order valence-corrected chi connectivity index (χ2v) is 4.67. The molecular weight excluding hydrogens is 280 g/mol. The van der Waals surface area contributed by atoms with E-state index in [4.69, 9.17) is 4.42 Å². The Bertz CT molecular complexity index is 640. The average molecular weight is 295 g/mol. The summed E-state index contributed by atoms with van der Waals surface area (Å²) in [5.74, 6) is -1.63. The maximum Gasteiger partial charge on any atom is 0.374 e. The fourth-order valence-corrected chi connectivity index (χ4v) is 2.02. The first-order valence-corrected chi connectivity index (χ1v) is 6.28. The number of nitrogens with zero attached hydrogens (tertiary/aromatic N) is 1. The van der Waals surface area contributed by atoms with Crippen molar-refractivity contribution in [2.75, 3.05) is 14.2 Å². The normalized spacial score (nSPS) is 10.9. The van der Waals surface area contributed by atoms with Crippen LogP contribution in [0.15, 0.2) is 34.9 Å². The topological polar surface area (TPSA) is 42.7 Å². The van der Waals surface area contributed by atoms with Crippen LogP contribution in [0.4, 0.5) is 8.78 Å². The molecule has 1 aromatic heterocycles. The molecule has 2 aromatic rings. The van der Waals surface area contributed by atoms with E-state index in [1.54, 1.807) is 18.0 Å². The molecule has 1 aromatic carbocycles. The lowest BCUT2D eigenvalue weighted by Crippen LogP contribution is -2.19. The molecule has 2 rings (SSSR count). The summed E-state index contributed by atoms with van der Waals surface area (Å²) in [6, 6.07) is 5.12. The number of methoxy groups -OCH3 is 1. The molecule has 0 saturated heterocycles. The van der Waals surface area contributed by atoms with Crippen LogP contribution >= 0.6 is 0 Å². The molecule has 0 aliphatic carbocycles. The van der Waals surface area contributed by atoms with Crippen molar-refractivity contribution in [1.82, 2.24) is 4.90 Å². The molecule has 0 N–H and O–H groups in total. The highest BCUT2D eigenvalue weighted by Gasteiger charge is 2.17. The van der Waals surface area contributed by atoms with Gasteiger partial charge in [0, 0.05) is 30.3 Å². The van der Waals surface area contributed by atoms with Crippen LogP contribution in [-0.2, 0) is 17.8 Å². The zero-order valence-electron chi connectivity index (χ0n) is 11.7. The van der Waals surface area contributed by atoms with E-state index in [1.165, 1.54) is 25.5 Å². The third-order valence-electron chi connectivity index (χ3n) is 3.01. The Labute approximate surface area is 120 Å². The van der Waals surface area contributed by atoms with Crippen LogP contribution in [0.1, 0.15) is 21.7 Å². The van der Waals surface area contributed by atoms with Crippen LogP contribution in [-0.4, -0.2) is 25.0 Å². The van der Waals surface area contributed by atoms with Crippen LogP contribution in [0.2, 0.25) is 0 Å². The minimum atomic E-state index is -0.610. The van der Waals surface area contributed by atoms with Crippen molar-refractivity contribution in [3.8, 4) is 0 Å². The van der Waals surface area contributed by atoms with Crippen LogP contribution < -0.4 is 0 Å². The molecule has 0 aliphatic rings. The number of carbonyl (C=O) groups is 1. The summed E-state index contributed by atoms with van der Waals surface area (Å²) in [4.78, 5) is 13.3. The summed E-state index contributed by atoms with van der Waals surface area (Å²) < 4.78 is 36.1. The first-order chi connectivity index (χ1) is 10.0. The Morgan fingerprint density at radius 2 is 1.95 bits per heavy atom. The Hall–Kier alpha value is -2.21. The second kappa shape index (κ2) is 6.49.